The number of piperidine rings is 1. The monoisotopic (exact) mass is 467 g/mol. The molecule has 1 fully saturated rings. The molecule has 0 aliphatic carbocycles. The van der Waals surface area contributed by atoms with Gasteiger partial charge in [0.05, 0.1) is 24.5 Å². The number of ether oxygens (including phenoxy) is 1. The third kappa shape index (κ3) is 6.91. The van der Waals surface area contributed by atoms with Gasteiger partial charge in [-0.05, 0) is 68.1 Å². The smallest absolute Gasteiger partial charge is 0.304 e. The molecule has 0 spiro atoms. The van der Waals surface area contributed by atoms with E-state index in [-0.39, 0.29) is 25.1 Å². The number of nitrogens with zero attached hydrogens (tertiary/aromatic N) is 2. The molecule has 0 radical (unpaired) electrons. The largest absolute Gasteiger partial charge is 0.493 e. The number of rotatable bonds is 12. The van der Waals surface area contributed by atoms with E-state index in [4.69, 9.17) is 14.7 Å². The summed E-state index contributed by atoms with van der Waals surface area (Å²) < 4.78 is 32.6. The predicted octanol–water partition coefficient (Wildman–Crippen LogP) is 2.42. The van der Waals surface area contributed by atoms with Crippen molar-refractivity contribution in [2.45, 2.75) is 51.7 Å². The Morgan fingerprint density at radius 1 is 1.28 bits per heavy atom. The summed E-state index contributed by atoms with van der Waals surface area (Å²) in [5, 5.41) is 16.5. The minimum absolute atomic E-state index is 0.0403. The lowest BCUT2D eigenvalue weighted by Gasteiger charge is -2.25. The maximum absolute atomic E-state index is 12.8. The highest BCUT2D eigenvalue weighted by Crippen LogP contribution is 2.25. The Morgan fingerprint density at radius 3 is 2.66 bits per heavy atom. The van der Waals surface area contributed by atoms with Crippen LogP contribution in [0, 0.1) is 5.92 Å². The number of hydrogen-bond donors (Lipinski definition) is 2. The van der Waals surface area contributed by atoms with Gasteiger partial charge in [0.25, 0.3) is 0 Å². The Hall–Kier alpha value is -2.17. The number of nitrogens with one attached hydrogen (secondary N) is 1. The van der Waals surface area contributed by atoms with Crippen LogP contribution in [0.2, 0.25) is 0 Å². The van der Waals surface area contributed by atoms with Gasteiger partial charge in [0.1, 0.15) is 5.75 Å². The zero-order valence-corrected chi connectivity index (χ0v) is 19.3. The molecule has 178 valence electrons. The average Bonchev–Trinajstić information content (AvgIpc) is 3.27. The van der Waals surface area contributed by atoms with Crippen molar-refractivity contribution in [1.29, 1.82) is 0 Å². The van der Waals surface area contributed by atoms with Crippen LogP contribution in [0.15, 0.2) is 29.4 Å². The number of unbranched alkanes of at least 4 members (excludes halogenated alkanes) is 1. The standard InChI is InChI=1S/C22H33N3O6S/c1-2-3-14-32(28,29)25(13-10-22(26)27)21-15-20(24-31-21)18-4-6-19(7-5-18)30-16-17-8-11-23-12-9-17/h4-7,17,21,23H,2-3,8-16H2,1H3,(H,26,27). The van der Waals surface area contributed by atoms with Crippen molar-refractivity contribution in [3.05, 3.63) is 29.8 Å². The van der Waals surface area contributed by atoms with Crippen LogP contribution in [0.25, 0.3) is 0 Å². The lowest BCUT2D eigenvalue weighted by Crippen LogP contribution is -2.43. The summed E-state index contributed by atoms with van der Waals surface area (Å²) >= 11 is 0. The second-order valence-corrected chi connectivity index (χ2v) is 10.3. The fourth-order valence-corrected chi connectivity index (χ4v) is 5.54. The van der Waals surface area contributed by atoms with Crippen molar-refractivity contribution >= 4 is 21.7 Å². The van der Waals surface area contributed by atoms with Crippen molar-refractivity contribution in [3.63, 3.8) is 0 Å². The number of hydrogen-bond acceptors (Lipinski definition) is 7. The van der Waals surface area contributed by atoms with E-state index >= 15 is 0 Å². The third-order valence-corrected chi connectivity index (χ3v) is 7.70. The number of aliphatic carboxylic acids is 1. The molecule has 2 aliphatic heterocycles. The summed E-state index contributed by atoms with van der Waals surface area (Å²) in [6.07, 6.45) is 2.61. The molecule has 0 bridgehead atoms. The summed E-state index contributed by atoms with van der Waals surface area (Å²) in [5.41, 5.74) is 1.46. The first-order valence-corrected chi connectivity index (χ1v) is 12.9. The van der Waals surface area contributed by atoms with Gasteiger partial charge >= 0.3 is 5.97 Å². The molecule has 10 heteroatoms. The summed E-state index contributed by atoms with van der Waals surface area (Å²) in [6.45, 7) is 4.53. The van der Waals surface area contributed by atoms with Gasteiger partial charge in [-0.1, -0.05) is 18.5 Å². The molecule has 2 aliphatic rings. The highest BCUT2D eigenvalue weighted by atomic mass is 32.2. The van der Waals surface area contributed by atoms with E-state index in [9.17, 15) is 13.2 Å². The fraction of sp³-hybridized carbons (Fsp3) is 0.636. The Morgan fingerprint density at radius 2 is 2.00 bits per heavy atom. The highest BCUT2D eigenvalue weighted by Gasteiger charge is 2.36. The molecular formula is C22H33N3O6S. The minimum atomic E-state index is -3.65. The van der Waals surface area contributed by atoms with Crippen molar-refractivity contribution < 1.29 is 27.9 Å². The molecule has 1 aromatic carbocycles. The number of oxime groups is 1. The van der Waals surface area contributed by atoms with Gasteiger partial charge in [-0.25, -0.2) is 8.42 Å². The Labute approximate surface area is 189 Å². The second-order valence-electron chi connectivity index (χ2n) is 8.25. The van der Waals surface area contributed by atoms with E-state index < -0.39 is 22.2 Å². The van der Waals surface area contributed by atoms with Gasteiger partial charge in [0.15, 0.2) is 6.23 Å². The van der Waals surface area contributed by atoms with Crippen LogP contribution in [0.5, 0.6) is 5.75 Å². The van der Waals surface area contributed by atoms with Crippen LogP contribution >= 0.6 is 0 Å². The molecule has 2 N–H and O–H groups in total. The molecule has 1 saturated heterocycles. The molecule has 0 saturated carbocycles. The van der Waals surface area contributed by atoms with Crippen LogP contribution in [0.1, 0.15) is 51.0 Å². The zero-order valence-electron chi connectivity index (χ0n) is 18.5. The van der Waals surface area contributed by atoms with E-state index in [0.29, 0.717) is 24.7 Å². The van der Waals surface area contributed by atoms with Crippen molar-refractivity contribution in [3.8, 4) is 5.75 Å². The van der Waals surface area contributed by atoms with Crippen molar-refractivity contribution in [1.82, 2.24) is 9.62 Å². The molecule has 9 nitrogen and oxygen atoms in total. The topological polar surface area (TPSA) is 118 Å². The first kappa shape index (κ1) is 24.5. The number of carboxylic acids is 1. The number of sulfonamides is 1. The highest BCUT2D eigenvalue weighted by molar-refractivity contribution is 7.89. The van der Waals surface area contributed by atoms with Gasteiger partial charge in [0.2, 0.25) is 10.0 Å². The second kappa shape index (κ2) is 11.6. The molecule has 1 atom stereocenters. The van der Waals surface area contributed by atoms with Gasteiger partial charge in [-0.15, -0.1) is 0 Å². The molecule has 32 heavy (non-hydrogen) atoms. The Bertz CT molecular complexity index is 881. The van der Waals surface area contributed by atoms with E-state index in [1.54, 1.807) is 0 Å². The van der Waals surface area contributed by atoms with Crippen LogP contribution in [-0.4, -0.2) is 67.7 Å². The number of carboxylic acid groups (broad SMARTS) is 1. The lowest BCUT2D eigenvalue weighted by atomic mass is 9.99. The summed E-state index contributed by atoms with van der Waals surface area (Å²) in [4.78, 5) is 16.5. The Kier molecular flexibility index (Phi) is 8.89. The van der Waals surface area contributed by atoms with Gasteiger partial charge in [-0.3, -0.25) is 4.79 Å². The van der Waals surface area contributed by atoms with Crippen LogP contribution < -0.4 is 10.1 Å². The lowest BCUT2D eigenvalue weighted by molar-refractivity contribution is -0.137. The molecular weight excluding hydrogens is 434 g/mol. The molecule has 3 rings (SSSR count). The maximum atomic E-state index is 12.8. The van der Waals surface area contributed by atoms with Crippen molar-refractivity contribution in [2.24, 2.45) is 11.1 Å². The van der Waals surface area contributed by atoms with E-state index in [2.05, 4.69) is 10.5 Å². The number of benzene rings is 1. The Balaban J connectivity index is 1.59. The quantitative estimate of drug-likeness (QED) is 0.485. The SMILES string of the molecule is CCCCS(=O)(=O)N(CCC(=O)O)C1CC(c2ccc(OCC3CCNCC3)cc2)=NO1. The molecule has 2 heterocycles. The van der Waals surface area contributed by atoms with E-state index in [1.165, 1.54) is 0 Å². The average molecular weight is 468 g/mol. The molecule has 0 amide bonds. The summed E-state index contributed by atoms with van der Waals surface area (Å²) in [5.74, 6) is 0.255. The molecule has 1 unspecified atom stereocenters. The molecule has 0 aromatic heterocycles. The third-order valence-electron chi connectivity index (χ3n) is 5.76. The molecule has 1 aromatic rings. The summed E-state index contributed by atoms with van der Waals surface area (Å²) in [6, 6.07) is 7.53. The maximum Gasteiger partial charge on any atom is 0.304 e. The van der Waals surface area contributed by atoms with Crippen molar-refractivity contribution in [2.75, 3.05) is 32.0 Å². The van der Waals surface area contributed by atoms with E-state index in [1.807, 2.05) is 31.2 Å². The fourth-order valence-electron chi connectivity index (χ4n) is 3.81. The zero-order chi connectivity index (χ0) is 23.0. The van der Waals surface area contributed by atoms with Crippen LogP contribution in [0.3, 0.4) is 0 Å². The van der Waals surface area contributed by atoms with Crippen LogP contribution in [0.4, 0.5) is 0 Å². The van der Waals surface area contributed by atoms with Gasteiger partial charge < -0.3 is 20.0 Å². The predicted molar refractivity (Wildman–Crippen MR) is 121 cm³/mol. The first-order valence-electron chi connectivity index (χ1n) is 11.3. The van der Waals surface area contributed by atoms with E-state index in [0.717, 1.165) is 48.0 Å². The summed E-state index contributed by atoms with van der Waals surface area (Å²) in [7, 11) is -3.65. The van der Waals surface area contributed by atoms with Gasteiger partial charge in [-0.2, -0.15) is 4.31 Å². The van der Waals surface area contributed by atoms with Gasteiger partial charge in [0, 0.05) is 13.0 Å². The van der Waals surface area contributed by atoms with Crippen LogP contribution in [-0.2, 0) is 19.7 Å². The minimum Gasteiger partial charge on any atom is -0.493 e. The number of carbonyl (C=O) groups is 1. The normalized spacial score (nSPS) is 19.6. The first-order chi connectivity index (χ1) is 15.4.